The first kappa shape index (κ1) is 14.9. The van der Waals surface area contributed by atoms with E-state index in [2.05, 4.69) is 4.99 Å². The molecule has 0 amide bonds. The molecule has 0 aliphatic carbocycles. The van der Waals surface area contributed by atoms with E-state index in [9.17, 15) is 0 Å². The Bertz CT molecular complexity index is 411. The monoisotopic (exact) mass is 266 g/mol. The van der Waals surface area contributed by atoms with Gasteiger partial charge < -0.3 is 10.5 Å². The molecule has 0 bridgehead atoms. The highest BCUT2D eigenvalue weighted by Gasteiger charge is 2.08. The highest BCUT2D eigenvalue weighted by atomic mass is 32.2. The van der Waals surface area contributed by atoms with E-state index in [1.54, 1.807) is 0 Å². The first-order valence-corrected chi connectivity index (χ1v) is 7.03. The molecule has 0 unspecified atom stereocenters. The fraction of sp³-hybridized carbons (Fsp3) is 0.500. The highest BCUT2D eigenvalue weighted by molar-refractivity contribution is 8.13. The topological polar surface area (TPSA) is 47.6 Å². The van der Waals surface area contributed by atoms with Crippen LogP contribution < -0.4 is 10.5 Å². The van der Waals surface area contributed by atoms with Crippen molar-refractivity contribution in [2.75, 3.05) is 12.4 Å². The van der Waals surface area contributed by atoms with Gasteiger partial charge in [0.25, 0.3) is 0 Å². The summed E-state index contributed by atoms with van der Waals surface area (Å²) < 4.78 is 5.69. The average Bonchev–Trinajstić information content (AvgIpc) is 2.24. The predicted octanol–water partition coefficient (Wildman–Crippen LogP) is 3.22. The second kappa shape index (κ2) is 6.69. The largest absolute Gasteiger partial charge is 0.492 e. The van der Waals surface area contributed by atoms with Crippen molar-refractivity contribution in [3.8, 4) is 5.75 Å². The Kier molecular flexibility index (Phi) is 5.54. The van der Waals surface area contributed by atoms with Crippen LogP contribution >= 0.6 is 11.8 Å². The Morgan fingerprint density at radius 1 is 1.33 bits per heavy atom. The lowest BCUT2D eigenvalue weighted by Crippen LogP contribution is -2.18. The van der Waals surface area contributed by atoms with Gasteiger partial charge in [-0.15, -0.1) is 0 Å². The summed E-state index contributed by atoms with van der Waals surface area (Å²) in [5, 5.41) is 0.621. The van der Waals surface area contributed by atoms with Crippen LogP contribution in [0.15, 0.2) is 29.3 Å². The molecule has 0 spiro atoms. The Balaban J connectivity index is 2.32. The number of nitrogens with zero attached hydrogens (tertiary/aromatic N) is 1. The molecule has 0 saturated carbocycles. The number of aliphatic imine (C=N–C) groups is 1. The van der Waals surface area contributed by atoms with Crippen LogP contribution in [0.5, 0.6) is 5.75 Å². The number of ether oxygens (including phenoxy) is 1. The number of thioether (sulfide) groups is 1. The molecule has 4 heteroatoms. The average molecular weight is 266 g/mol. The molecule has 0 saturated heterocycles. The van der Waals surface area contributed by atoms with Crippen LogP contribution in [0.1, 0.15) is 26.3 Å². The summed E-state index contributed by atoms with van der Waals surface area (Å²) in [6.07, 6.45) is 0. The summed E-state index contributed by atoms with van der Waals surface area (Å²) in [4.78, 5) is 4.37. The molecule has 0 fully saturated rings. The van der Waals surface area contributed by atoms with E-state index in [1.807, 2.05) is 52.0 Å². The Morgan fingerprint density at radius 3 is 2.61 bits per heavy atom. The number of rotatable bonds is 4. The van der Waals surface area contributed by atoms with Gasteiger partial charge in [-0.2, -0.15) is 0 Å². The molecule has 1 aromatic carbocycles. The van der Waals surface area contributed by atoms with Crippen molar-refractivity contribution in [3.63, 3.8) is 0 Å². The highest BCUT2D eigenvalue weighted by Crippen LogP contribution is 2.16. The zero-order valence-corrected chi connectivity index (χ0v) is 12.4. The minimum Gasteiger partial charge on any atom is -0.492 e. The first-order chi connectivity index (χ1) is 8.38. The van der Waals surface area contributed by atoms with Crippen LogP contribution in [0.3, 0.4) is 0 Å². The summed E-state index contributed by atoms with van der Waals surface area (Å²) in [5.41, 5.74) is 6.86. The van der Waals surface area contributed by atoms with E-state index in [0.717, 1.165) is 17.1 Å². The molecule has 100 valence electrons. The van der Waals surface area contributed by atoms with Gasteiger partial charge in [-0.25, -0.2) is 0 Å². The standard InChI is InChI=1S/C14H22N2OS/c1-11-7-5-6-8-12(11)17-9-10-18-13(15)16-14(2,3)4/h5-8H,9-10H2,1-4H3,(H2,15,16). The summed E-state index contributed by atoms with van der Waals surface area (Å²) in [5.74, 6) is 1.74. The van der Waals surface area contributed by atoms with Crippen LogP contribution in [-0.2, 0) is 0 Å². The first-order valence-electron chi connectivity index (χ1n) is 6.05. The Morgan fingerprint density at radius 2 is 2.00 bits per heavy atom. The van der Waals surface area contributed by atoms with Crippen molar-refractivity contribution >= 4 is 16.9 Å². The molecule has 3 nitrogen and oxygen atoms in total. The smallest absolute Gasteiger partial charge is 0.154 e. The predicted molar refractivity (Wildman–Crippen MR) is 80.5 cm³/mol. The fourth-order valence-electron chi connectivity index (χ4n) is 1.38. The number of amidine groups is 1. The summed E-state index contributed by atoms with van der Waals surface area (Å²) >= 11 is 1.53. The second-order valence-corrected chi connectivity index (χ2v) is 6.20. The molecular weight excluding hydrogens is 244 g/mol. The van der Waals surface area contributed by atoms with Crippen molar-refractivity contribution in [2.24, 2.45) is 10.7 Å². The Hall–Kier alpha value is -1.16. The number of nitrogens with two attached hydrogens (primary N) is 1. The van der Waals surface area contributed by atoms with Gasteiger partial charge >= 0.3 is 0 Å². The maximum Gasteiger partial charge on any atom is 0.154 e. The summed E-state index contributed by atoms with van der Waals surface area (Å²) in [7, 11) is 0. The SMILES string of the molecule is Cc1ccccc1OCCSC(N)=NC(C)(C)C. The third-order valence-electron chi connectivity index (χ3n) is 2.13. The minimum atomic E-state index is -0.117. The van der Waals surface area contributed by atoms with Gasteiger partial charge in [0, 0.05) is 5.75 Å². The van der Waals surface area contributed by atoms with E-state index in [0.29, 0.717) is 11.8 Å². The van der Waals surface area contributed by atoms with Crippen LogP contribution in [0.2, 0.25) is 0 Å². The molecule has 0 aliphatic heterocycles. The van der Waals surface area contributed by atoms with Crippen LogP contribution in [0.25, 0.3) is 0 Å². The van der Waals surface area contributed by atoms with Crippen molar-refractivity contribution in [3.05, 3.63) is 29.8 Å². The summed E-state index contributed by atoms with van der Waals surface area (Å²) in [6, 6.07) is 8.00. The van der Waals surface area contributed by atoms with E-state index in [4.69, 9.17) is 10.5 Å². The maximum atomic E-state index is 5.83. The zero-order valence-electron chi connectivity index (χ0n) is 11.6. The molecular formula is C14H22N2OS. The third kappa shape index (κ3) is 5.96. The van der Waals surface area contributed by atoms with Gasteiger partial charge in [0.15, 0.2) is 5.17 Å². The van der Waals surface area contributed by atoms with Crippen LogP contribution in [0.4, 0.5) is 0 Å². The fourth-order valence-corrected chi connectivity index (χ4v) is 2.09. The van der Waals surface area contributed by atoms with E-state index >= 15 is 0 Å². The van der Waals surface area contributed by atoms with Gasteiger partial charge in [0.05, 0.1) is 12.1 Å². The normalized spacial score (nSPS) is 12.6. The molecule has 0 heterocycles. The number of para-hydroxylation sites is 1. The zero-order chi connectivity index (χ0) is 13.6. The lowest BCUT2D eigenvalue weighted by atomic mass is 10.1. The molecule has 0 aliphatic rings. The van der Waals surface area contributed by atoms with E-state index in [-0.39, 0.29) is 5.54 Å². The molecule has 0 radical (unpaired) electrons. The van der Waals surface area contributed by atoms with Gasteiger partial charge in [-0.3, -0.25) is 4.99 Å². The van der Waals surface area contributed by atoms with E-state index in [1.165, 1.54) is 11.8 Å². The molecule has 0 aromatic heterocycles. The molecule has 2 N–H and O–H groups in total. The lowest BCUT2D eigenvalue weighted by Gasteiger charge is -2.13. The van der Waals surface area contributed by atoms with Gasteiger partial charge in [-0.05, 0) is 39.3 Å². The van der Waals surface area contributed by atoms with Gasteiger partial charge in [0.1, 0.15) is 5.75 Å². The number of benzene rings is 1. The number of hydrogen-bond acceptors (Lipinski definition) is 3. The number of aryl methyl sites for hydroxylation is 1. The van der Waals surface area contributed by atoms with Gasteiger partial charge in [0.2, 0.25) is 0 Å². The van der Waals surface area contributed by atoms with Crippen LogP contribution in [-0.4, -0.2) is 23.1 Å². The molecule has 0 atom stereocenters. The van der Waals surface area contributed by atoms with Crippen molar-refractivity contribution in [2.45, 2.75) is 33.2 Å². The maximum absolute atomic E-state index is 5.83. The molecule has 1 aromatic rings. The molecule has 1 rings (SSSR count). The van der Waals surface area contributed by atoms with Gasteiger partial charge in [-0.1, -0.05) is 30.0 Å². The third-order valence-corrected chi connectivity index (χ3v) is 2.89. The molecule has 18 heavy (non-hydrogen) atoms. The quantitative estimate of drug-likeness (QED) is 0.517. The number of hydrogen-bond donors (Lipinski definition) is 1. The second-order valence-electron chi connectivity index (χ2n) is 5.08. The van der Waals surface area contributed by atoms with Crippen molar-refractivity contribution in [1.29, 1.82) is 0 Å². The van der Waals surface area contributed by atoms with Crippen LogP contribution in [0, 0.1) is 6.92 Å². The Labute approximate surface area is 114 Å². The lowest BCUT2D eigenvalue weighted by molar-refractivity contribution is 0.342. The van der Waals surface area contributed by atoms with Crippen molar-refractivity contribution < 1.29 is 4.74 Å². The summed E-state index contributed by atoms with van der Waals surface area (Å²) in [6.45, 7) is 8.77. The van der Waals surface area contributed by atoms with Crippen molar-refractivity contribution in [1.82, 2.24) is 0 Å². The van der Waals surface area contributed by atoms with E-state index < -0.39 is 0 Å². The minimum absolute atomic E-state index is 0.117.